The van der Waals surface area contributed by atoms with Crippen LogP contribution >= 0.6 is 0 Å². The maximum atomic E-state index is 12.0. The van der Waals surface area contributed by atoms with E-state index in [1.807, 2.05) is 30.8 Å². The fourth-order valence-corrected chi connectivity index (χ4v) is 3.91. The molecule has 0 spiro atoms. The summed E-state index contributed by atoms with van der Waals surface area (Å²) >= 11 is 0. The molecule has 0 amide bonds. The Morgan fingerprint density at radius 2 is 1.97 bits per heavy atom. The maximum absolute atomic E-state index is 12.0. The molecule has 2 aromatic heterocycles. The van der Waals surface area contributed by atoms with Gasteiger partial charge in [-0.1, -0.05) is 49.2 Å². The lowest BCUT2D eigenvalue weighted by Crippen LogP contribution is -2.25. The largest absolute Gasteiger partial charge is 0.481 e. The molecule has 0 saturated heterocycles. The van der Waals surface area contributed by atoms with E-state index < -0.39 is 11.9 Å². The van der Waals surface area contributed by atoms with Crippen molar-refractivity contribution in [2.24, 2.45) is 13.0 Å². The number of carbonyl (C=O) groups is 1. The fraction of sp³-hybridized carbons (Fsp3) is 0.476. The second-order valence-electron chi connectivity index (χ2n) is 7.53. The molecule has 2 unspecified atom stereocenters. The molecule has 0 bridgehead atoms. The van der Waals surface area contributed by atoms with Gasteiger partial charge in [-0.2, -0.15) is 10.3 Å². The Hall–Kier alpha value is -3.03. The molecule has 2 N–H and O–H groups in total. The summed E-state index contributed by atoms with van der Waals surface area (Å²) in [6.07, 6.45) is 2.94. The number of nitrogens with zero attached hydrogens (tertiary/aromatic N) is 5. The molecular formula is C21H28N6O2. The van der Waals surface area contributed by atoms with Crippen molar-refractivity contribution >= 4 is 5.97 Å². The number of carboxylic acids is 1. The summed E-state index contributed by atoms with van der Waals surface area (Å²) in [5.41, 5.74) is 5.40. The van der Waals surface area contributed by atoms with Gasteiger partial charge in [-0.3, -0.25) is 9.48 Å². The third-order valence-electron chi connectivity index (χ3n) is 5.57. The minimum atomic E-state index is -0.813. The van der Waals surface area contributed by atoms with Gasteiger partial charge in [0.2, 0.25) is 0 Å². The van der Waals surface area contributed by atoms with Gasteiger partial charge in [0.15, 0.2) is 5.82 Å². The molecule has 8 nitrogen and oxygen atoms in total. The van der Waals surface area contributed by atoms with Crippen molar-refractivity contribution in [1.29, 1.82) is 0 Å². The predicted octanol–water partition coefficient (Wildman–Crippen LogP) is 3.43. The quantitative estimate of drug-likeness (QED) is 0.573. The summed E-state index contributed by atoms with van der Waals surface area (Å²) in [6, 6.07) is 8.24. The van der Waals surface area contributed by atoms with Crippen LogP contribution in [0, 0.1) is 19.8 Å². The minimum absolute atomic E-state index is 0.328. The molecule has 0 aliphatic heterocycles. The Morgan fingerprint density at radius 3 is 2.48 bits per heavy atom. The number of benzene rings is 1. The van der Waals surface area contributed by atoms with Crippen LogP contribution in [0.1, 0.15) is 54.9 Å². The second-order valence-corrected chi connectivity index (χ2v) is 7.53. The Balaban J connectivity index is 1.87. The molecule has 8 heteroatoms. The fourth-order valence-electron chi connectivity index (χ4n) is 3.91. The van der Waals surface area contributed by atoms with Crippen molar-refractivity contribution in [2.45, 2.75) is 52.4 Å². The SMILES string of the molecule is CCCCC(C(=O)O)C(Cc1ccc(-c2c(C)nn(C)c2C)cc1)c1nn[nH]n1. The molecule has 3 rings (SSSR count). The van der Waals surface area contributed by atoms with E-state index in [0.29, 0.717) is 18.7 Å². The van der Waals surface area contributed by atoms with Crippen molar-refractivity contribution in [3.63, 3.8) is 0 Å². The number of aryl methyl sites for hydroxylation is 2. The van der Waals surface area contributed by atoms with Crippen LogP contribution in [0.5, 0.6) is 0 Å². The van der Waals surface area contributed by atoms with Gasteiger partial charge in [-0.15, -0.1) is 10.2 Å². The van der Waals surface area contributed by atoms with Crippen LogP contribution < -0.4 is 0 Å². The molecule has 154 valence electrons. The first kappa shape index (κ1) is 20.7. The molecule has 0 radical (unpaired) electrons. The van der Waals surface area contributed by atoms with Gasteiger partial charge in [-0.25, -0.2) is 0 Å². The molecule has 2 atom stereocenters. The number of aromatic amines is 1. The third kappa shape index (κ3) is 4.52. The third-order valence-corrected chi connectivity index (χ3v) is 5.57. The lowest BCUT2D eigenvalue weighted by atomic mass is 9.82. The summed E-state index contributed by atoms with van der Waals surface area (Å²) in [5.74, 6) is -1.23. The monoisotopic (exact) mass is 396 g/mol. The molecular weight excluding hydrogens is 368 g/mol. The average Bonchev–Trinajstić information content (AvgIpc) is 3.30. The molecule has 2 heterocycles. The number of carboxylic acid groups (broad SMARTS) is 1. The zero-order chi connectivity index (χ0) is 21.0. The van der Waals surface area contributed by atoms with Gasteiger partial charge >= 0.3 is 5.97 Å². The van der Waals surface area contributed by atoms with Crippen molar-refractivity contribution in [3.8, 4) is 11.1 Å². The van der Waals surface area contributed by atoms with E-state index in [4.69, 9.17) is 0 Å². The summed E-state index contributed by atoms with van der Waals surface area (Å²) in [4.78, 5) is 12.0. The van der Waals surface area contributed by atoms with Gasteiger partial charge in [0, 0.05) is 24.2 Å². The van der Waals surface area contributed by atoms with Crippen LogP contribution in [-0.4, -0.2) is 41.5 Å². The molecule has 29 heavy (non-hydrogen) atoms. The van der Waals surface area contributed by atoms with Gasteiger partial charge in [0.25, 0.3) is 0 Å². The lowest BCUT2D eigenvalue weighted by molar-refractivity contribution is -0.143. The second kappa shape index (κ2) is 8.98. The summed E-state index contributed by atoms with van der Waals surface area (Å²) < 4.78 is 1.88. The minimum Gasteiger partial charge on any atom is -0.481 e. The molecule has 0 fully saturated rings. The van der Waals surface area contributed by atoms with Gasteiger partial charge in [-0.05, 0) is 37.8 Å². The number of tetrazole rings is 1. The number of aromatic nitrogens is 6. The van der Waals surface area contributed by atoms with Gasteiger partial charge in [0.1, 0.15) is 0 Å². The smallest absolute Gasteiger partial charge is 0.307 e. The van der Waals surface area contributed by atoms with Crippen molar-refractivity contribution in [1.82, 2.24) is 30.4 Å². The Kier molecular flexibility index (Phi) is 6.41. The predicted molar refractivity (Wildman–Crippen MR) is 109 cm³/mol. The number of nitrogens with one attached hydrogen (secondary N) is 1. The van der Waals surface area contributed by atoms with E-state index in [2.05, 4.69) is 51.7 Å². The van der Waals surface area contributed by atoms with Crippen LogP contribution in [0.4, 0.5) is 0 Å². The number of rotatable bonds is 9. The lowest BCUT2D eigenvalue weighted by Gasteiger charge is -2.21. The molecule has 0 aliphatic rings. The Labute approximate surface area is 170 Å². The number of hydrogen-bond donors (Lipinski definition) is 2. The zero-order valence-corrected chi connectivity index (χ0v) is 17.4. The van der Waals surface area contributed by atoms with E-state index in [1.165, 1.54) is 0 Å². The molecule has 1 aromatic carbocycles. The van der Waals surface area contributed by atoms with E-state index in [-0.39, 0.29) is 5.92 Å². The van der Waals surface area contributed by atoms with Crippen LogP contribution in [0.2, 0.25) is 0 Å². The van der Waals surface area contributed by atoms with Crippen LogP contribution in [0.3, 0.4) is 0 Å². The molecule has 0 aliphatic carbocycles. The number of aliphatic carboxylic acids is 1. The number of H-pyrrole nitrogens is 1. The maximum Gasteiger partial charge on any atom is 0.307 e. The van der Waals surface area contributed by atoms with Crippen LogP contribution in [-0.2, 0) is 18.3 Å². The highest BCUT2D eigenvalue weighted by Crippen LogP contribution is 2.32. The first-order valence-corrected chi connectivity index (χ1v) is 9.98. The highest BCUT2D eigenvalue weighted by Gasteiger charge is 2.32. The highest BCUT2D eigenvalue weighted by atomic mass is 16.4. The van der Waals surface area contributed by atoms with E-state index >= 15 is 0 Å². The van der Waals surface area contributed by atoms with E-state index in [9.17, 15) is 9.90 Å². The number of unbranched alkanes of at least 4 members (excludes halogenated alkanes) is 1. The van der Waals surface area contributed by atoms with Crippen molar-refractivity contribution in [2.75, 3.05) is 0 Å². The Bertz CT molecular complexity index is 946. The van der Waals surface area contributed by atoms with E-state index in [0.717, 1.165) is 40.9 Å². The number of hydrogen-bond acceptors (Lipinski definition) is 5. The van der Waals surface area contributed by atoms with Crippen molar-refractivity contribution < 1.29 is 9.90 Å². The Morgan fingerprint density at radius 1 is 1.24 bits per heavy atom. The average molecular weight is 396 g/mol. The van der Waals surface area contributed by atoms with Gasteiger partial charge in [0.05, 0.1) is 11.6 Å². The van der Waals surface area contributed by atoms with Crippen molar-refractivity contribution in [3.05, 3.63) is 47.0 Å². The van der Waals surface area contributed by atoms with E-state index in [1.54, 1.807) is 0 Å². The van der Waals surface area contributed by atoms with Crippen LogP contribution in [0.15, 0.2) is 24.3 Å². The van der Waals surface area contributed by atoms with Crippen LogP contribution in [0.25, 0.3) is 11.1 Å². The summed E-state index contributed by atoms with van der Waals surface area (Å²) in [7, 11) is 1.94. The molecule has 3 aromatic rings. The highest BCUT2D eigenvalue weighted by molar-refractivity contribution is 5.71. The zero-order valence-electron chi connectivity index (χ0n) is 17.4. The summed E-state index contributed by atoms with van der Waals surface area (Å²) in [6.45, 7) is 6.12. The molecule has 0 saturated carbocycles. The first-order chi connectivity index (χ1) is 13.9. The normalized spacial score (nSPS) is 13.4. The standard InChI is InChI=1S/C21H28N6O2/c1-5-6-7-17(21(28)29)18(20-22-25-26-23-20)12-15-8-10-16(11-9-15)19-13(2)24-27(4)14(19)3/h8-11,17-18H,5-7,12H2,1-4H3,(H,28,29)(H,22,23,25,26). The first-order valence-electron chi connectivity index (χ1n) is 9.98. The summed E-state index contributed by atoms with van der Waals surface area (Å²) in [5, 5.41) is 28.6. The topological polar surface area (TPSA) is 110 Å². The van der Waals surface area contributed by atoms with Gasteiger partial charge < -0.3 is 5.11 Å².